The third kappa shape index (κ3) is 4.62. The van der Waals surface area contributed by atoms with Crippen molar-refractivity contribution < 1.29 is 18.0 Å². The van der Waals surface area contributed by atoms with Gasteiger partial charge in [-0.25, -0.2) is 0 Å². The third-order valence-electron chi connectivity index (χ3n) is 3.80. The van der Waals surface area contributed by atoms with E-state index in [9.17, 15) is 18.0 Å². The zero-order valence-corrected chi connectivity index (χ0v) is 15.7. The van der Waals surface area contributed by atoms with Crippen LogP contribution in [0.2, 0.25) is 0 Å². The number of rotatable bonds is 6. The van der Waals surface area contributed by atoms with Crippen molar-refractivity contribution in [3.63, 3.8) is 0 Å². The first kappa shape index (κ1) is 19.5. The van der Waals surface area contributed by atoms with E-state index in [0.29, 0.717) is 12.2 Å². The Balaban J connectivity index is 1.97. The monoisotopic (exact) mass is 421 g/mol. The molecule has 0 fully saturated rings. The van der Waals surface area contributed by atoms with E-state index in [2.05, 4.69) is 26.1 Å². The molecule has 2 aromatic rings. The fourth-order valence-electron chi connectivity index (χ4n) is 2.34. The molecule has 0 aliphatic rings. The van der Waals surface area contributed by atoms with E-state index in [1.807, 2.05) is 13.1 Å². The van der Waals surface area contributed by atoms with E-state index in [-0.39, 0.29) is 23.3 Å². The predicted octanol–water partition coefficient (Wildman–Crippen LogP) is 3.24. The van der Waals surface area contributed by atoms with Crippen LogP contribution in [0.1, 0.15) is 30.3 Å². The van der Waals surface area contributed by atoms with Crippen molar-refractivity contribution in [1.82, 2.24) is 24.5 Å². The quantitative estimate of drug-likeness (QED) is 0.719. The molecule has 10 heteroatoms. The Morgan fingerprint density at radius 1 is 1.40 bits per heavy atom. The van der Waals surface area contributed by atoms with E-state index in [1.54, 1.807) is 17.9 Å². The molecule has 2 rings (SSSR count). The average Bonchev–Trinajstić information content (AvgIpc) is 3.10. The van der Waals surface area contributed by atoms with Gasteiger partial charge in [0, 0.05) is 38.3 Å². The summed E-state index contributed by atoms with van der Waals surface area (Å²) in [5, 5.41) is 7.71. The molecule has 0 bridgehead atoms. The molecule has 0 aromatic carbocycles. The van der Waals surface area contributed by atoms with E-state index < -0.39 is 11.9 Å². The minimum Gasteiger partial charge on any atom is -0.341 e. The summed E-state index contributed by atoms with van der Waals surface area (Å²) in [5.74, 6) is -0.177. The molecular weight excluding hydrogens is 403 g/mol. The van der Waals surface area contributed by atoms with Crippen LogP contribution >= 0.6 is 15.9 Å². The first-order chi connectivity index (χ1) is 11.6. The zero-order valence-electron chi connectivity index (χ0n) is 14.1. The van der Waals surface area contributed by atoms with Crippen molar-refractivity contribution in [2.45, 2.75) is 46.1 Å². The number of carbonyl (C=O) groups excluding carboxylic acids is 1. The van der Waals surface area contributed by atoms with Gasteiger partial charge in [0.15, 0.2) is 5.69 Å². The molecule has 0 saturated heterocycles. The van der Waals surface area contributed by atoms with E-state index in [4.69, 9.17) is 0 Å². The molecule has 0 unspecified atom stereocenters. The number of alkyl halides is 3. The van der Waals surface area contributed by atoms with Gasteiger partial charge in [0.1, 0.15) is 0 Å². The predicted molar refractivity (Wildman–Crippen MR) is 88.7 cm³/mol. The van der Waals surface area contributed by atoms with Crippen LogP contribution in [0.5, 0.6) is 0 Å². The summed E-state index contributed by atoms with van der Waals surface area (Å²) in [5.41, 5.74) is 0.264. The standard InChI is InChI=1S/C15H19BrF3N5O/c1-4-23-9-11(7-20-23)8-22(3)12(25)5-6-24-10(2)13(16)14(21-24)15(17,18)19/h7,9H,4-6,8H2,1-3H3. The molecule has 0 spiro atoms. The Morgan fingerprint density at radius 2 is 2.08 bits per heavy atom. The summed E-state index contributed by atoms with van der Waals surface area (Å²) >= 11 is 2.92. The van der Waals surface area contributed by atoms with Gasteiger partial charge >= 0.3 is 6.18 Å². The lowest BCUT2D eigenvalue weighted by molar-refractivity contribution is -0.142. The molecule has 138 valence electrons. The Bertz CT molecular complexity index is 753. The third-order valence-corrected chi connectivity index (χ3v) is 4.75. The number of halogens is 4. The number of hydrogen-bond acceptors (Lipinski definition) is 3. The highest BCUT2D eigenvalue weighted by atomic mass is 79.9. The lowest BCUT2D eigenvalue weighted by Crippen LogP contribution is -2.27. The SMILES string of the molecule is CCn1cc(CN(C)C(=O)CCn2nc(C(F)(F)F)c(Br)c2C)cn1. The second-order valence-corrected chi connectivity index (χ2v) is 6.47. The molecule has 0 aliphatic carbocycles. The summed E-state index contributed by atoms with van der Waals surface area (Å²) in [6.07, 6.45) is -0.925. The van der Waals surface area contributed by atoms with E-state index in [1.165, 1.54) is 16.5 Å². The fourth-order valence-corrected chi connectivity index (χ4v) is 2.85. The number of amides is 1. The number of carbonyl (C=O) groups is 1. The van der Waals surface area contributed by atoms with Gasteiger partial charge in [-0.05, 0) is 29.8 Å². The smallest absolute Gasteiger partial charge is 0.341 e. The van der Waals surface area contributed by atoms with Gasteiger partial charge in [0.2, 0.25) is 5.91 Å². The van der Waals surface area contributed by atoms with Crippen LogP contribution in [0.3, 0.4) is 0 Å². The van der Waals surface area contributed by atoms with Gasteiger partial charge in [-0.15, -0.1) is 0 Å². The van der Waals surface area contributed by atoms with Crippen molar-refractivity contribution in [2.75, 3.05) is 7.05 Å². The largest absolute Gasteiger partial charge is 0.436 e. The van der Waals surface area contributed by atoms with Crippen molar-refractivity contribution >= 4 is 21.8 Å². The van der Waals surface area contributed by atoms with Crippen LogP contribution in [0.15, 0.2) is 16.9 Å². The number of hydrogen-bond donors (Lipinski definition) is 0. The molecule has 0 aliphatic heterocycles. The van der Waals surface area contributed by atoms with Crippen molar-refractivity contribution in [3.05, 3.63) is 33.8 Å². The molecule has 0 N–H and O–H groups in total. The number of aromatic nitrogens is 4. The lowest BCUT2D eigenvalue weighted by atomic mass is 10.3. The van der Waals surface area contributed by atoms with Gasteiger partial charge in [0.25, 0.3) is 0 Å². The summed E-state index contributed by atoms with van der Waals surface area (Å²) in [7, 11) is 1.65. The molecule has 2 aromatic heterocycles. The van der Waals surface area contributed by atoms with Crippen molar-refractivity contribution in [3.8, 4) is 0 Å². The maximum absolute atomic E-state index is 12.9. The van der Waals surface area contributed by atoms with E-state index >= 15 is 0 Å². The average molecular weight is 422 g/mol. The Labute approximate surface area is 151 Å². The summed E-state index contributed by atoms with van der Waals surface area (Å²) < 4.78 is 41.4. The Hall–Kier alpha value is -1.84. The second kappa shape index (κ2) is 7.59. The van der Waals surface area contributed by atoms with Crippen LogP contribution in [0.25, 0.3) is 0 Å². The highest BCUT2D eigenvalue weighted by Gasteiger charge is 2.37. The topological polar surface area (TPSA) is 56.0 Å². The maximum Gasteiger partial charge on any atom is 0.436 e. The summed E-state index contributed by atoms with van der Waals surface area (Å²) in [6.45, 7) is 4.71. The maximum atomic E-state index is 12.9. The molecule has 0 saturated carbocycles. The Morgan fingerprint density at radius 3 is 2.60 bits per heavy atom. The van der Waals surface area contributed by atoms with Gasteiger partial charge in [-0.1, -0.05) is 0 Å². The first-order valence-corrected chi connectivity index (χ1v) is 8.48. The Kier molecular flexibility index (Phi) is 5.91. The minimum absolute atomic E-state index is 0.0602. The van der Waals surface area contributed by atoms with Crippen LogP contribution in [-0.4, -0.2) is 37.4 Å². The fraction of sp³-hybridized carbons (Fsp3) is 0.533. The first-order valence-electron chi connectivity index (χ1n) is 7.68. The zero-order chi connectivity index (χ0) is 18.8. The molecule has 0 radical (unpaired) electrons. The van der Waals surface area contributed by atoms with Crippen molar-refractivity contribution in [1.29, 1.82) is 0 Å². The van der Waals surface area contributed by atoms with Gasteiger partial charge in [-0.3, -0.25) is 14.2 Å². The summed E-state index contributed by atoms with van der Waals surface area (Å²) in [6, 6.07) is 0. The molecule has 6 nitrogen and oxygen atoms in total. The minimum atomic E-state index is -4.53. The second-order valence-electron chi connectivity index (χ2n) is 5.67. The van der Waals surface area contributed by atoms with Crippen LogP contribution in [0, 0.1) is 6.92 Å². The number of aryl methyl sites for hydroxylation is 2. The van der Waals surface area contributed by atoms with Crippen molar-refractivity contribution in [2.24, 2.45) is 0 Å². The molecular formula is C15H19BrF3N5O. The van der Waals surface area contributed by atoms with Crippen LogP contribution in [0.4, 0.5) is 13.2 Å². The van der Waals surface area contributed by atoms with E-state index in [0.717, 1.165) is 12.1 Å². The highest BCUT2D eigenvalue weighted by Crippen LogP contribution is 2.35. The number of nitrogens with zero attached hydrogens (tertiary/aromatic N) is 5. The molecule has 25 heavy (non-hydrogen) atoms. The normalized spacial score (nSPS) is 11.8. The van der Waals surface area contributed by atoms with Gasteiger partial charge < -0.3 is 4.90 Å². The van der Waals surface area contributed by atoms with Crippen LogP contribution < -0.4 is 0 Å². The van der Waals surface area contributed by atoms with Gasteiger partial charge in [0.05, 0.1) is 22.9 Å². The molecule has 0 atom stereocenters. The lowest BCUT2D eigenvalue weighted by Gasteiger charge is -2.16. The summed E-state index contributed by atoms with van der Waals surface area (Å²) in [4.78, 5) is 13.7. The van der Waals surface area contributed by atoms with Gasteiger partial charge in [-0.2, -0.15) is 23.4 Å². The molecule has 1 amide bonds. The molecule has 2 heterocycles. The van der Waals surface area contributed by atoms with Crippen LogP contribution in [-0.2, 0) is 30.6 Å². The highest BCUT2D eigenvalue weighted by molar-refractivity contribution is 9.10.